The van der Waals surface area contributed by atoms with E-state index in [0.717, 1.165) is 19.4 Å². The first-order chi connectivity index (χ1) is 6.74. The third kappa shape index (κ3) is 3.81. The Balaban J connectivity index is 2.33. The van der Waals surface area contributed by atoms with Gasteiger partial charge < -0.3 is 5.11 Å². The summed E-state index contributed by atoms with van der Waals surface area (Å²) in [6.45, 7) is 8.68. The molecule has 1 N–H and O–H groups in total. The smallest absolute Gasteiger partial charge is 0.0445 e. The third-order valence-electron chi connectivity index (χ3n) is 3.04. The monoisotopic (exact) mass is 197 g/mol. The number of aliphatic hydroxyl groups is 1. The minimum Gasteiger partial charge on any atom is -0.396 e. The molecule has 2 nitrogen and oxygen atoms in total. The summed E-state index contributed by atoms with van der Waals surface area (Å²) in [4.78, 5) is 2.52. The van der Waals surface area contributed by atoms with E-state index < -0.39 is 0 Å². The highest BCUT2D eigenvalue weighted by Crippen LogP contribution is 2.20. The highest BCUT2D eigenvalue weighted by Gasteiger charge is 2.20. The summed E-state index contributed by atoms with van der Waals surface area (Å²) in [7, 11) is 0. The zero-order valence-electron chi connectivity index (χ0n) is 9.34. The van der Waals surface area contributed by atoms with E-state index >= 15 is 0 Å². The number of rotatable bonds is 5. The summed E-state index contributed by atoms with van der Waals surface area (Å²) < 4.78 is 0. The van der Waals surface area contributed by atoms with Crippen molar-refractivity contribution in [1.29, 1.82) is 0 Å². The van der Waals surface area contributed by atoms with Gasteiger partial charge in [-0.1, -0.05) is 12.0 Å². The summed E-state index contributed by atoms with van der Waals surface area (Å²) in [6.07, 6.45) is 5.95. The van der Waals surface area contributed by atoms with E-state index in [1.54, 1.807) is 0 Å². The molecule has 2 heteroatoms. The van der Waals surface area contributed by atoms with Crippen LogP contribution in [0.25, 0.3) is 0 Å². The van der Waals surface area contributed by atoms with Gasteiger partial charge in [0.1, 0.15) is 0 Å². The van der Waals surface area contributed by atoms with E-state index in [9.17, 15) is 0 Å². The maximum Gasteiger partial charge on any atom is 0.0445 e. The second-order valence-electron chi connectivity index (χ2n) is 4.40. The Labute approximate surface area is 87.6 Å². The molecular weight excluding hydrogens is 174 g/mol. The van der Waals surface area contributed by atoms with Crippen molar-refractivity contribution < 1.29 is 5.11 Å². The fourth-order valence-corrected chi connectivity index (χ4v) is 2.16. The molecule has 0 amide bonds. The van der Waals surface area contributed by atoms with Gasteiger partial charge in [-0.3, -0.25) is 4.90 Å². The van der Waals surface area contributed by atoms with Crippen LogP contribution in [-0.4, -0.2) is 35.7 Å². The van der Waals surface area contributed by atoms with Crippen LogP contribution >= 0.6 is 0 Å². The second-order valence-corrected chi connectivity index (χ2v) is 4.40. The number of likely N-dealkylation sites (tertiary alicyclic amines) is 1. The average molecular weight is 197 g/mol. The summed E-state index contributed by atoms with van der Waals surface area (Å²) in [5.74, 6) is 0. The number of hydrogen-bond donors (Lipinski definition) is 1. The van der Waals surface area contributed by atoms with Gasteiger partial charge in [0.2, 0.25) is 0 Å². The molecule has 1 unspecified atom stereocenters. The molecule has 1 heterocycles. The predicted octanol–water partition coefficient (Wildman–Crippen LogP) is 2.19. The zero-order valence-corrected chi connectivity index (χ0v) is 9.34. The van der Waals surface area contributed by atoms with Gasteiger partial charge in [-0.25, -0.2) is 0 Å². The van der Waals surface area contributed by atoms with Crippen molar-refractivity contribution in [2.75, 3.05) is 19.7 Å². The van der Waals surface area contributed by atoms with Gasteiger partial charge in [-0.2, -0.15) is 0 Å². The lowest BCUT2D eigenvalue weighted by Gasteiger charge is -2.35. The van der Waals surface area contributed by atoms with E-state index in [0.29, 0.717) is 12.6 Å². The van der Waals surface area contributed by atoms with Gasteiger partial charge in [0.15, 0.2) is 0 Å². The first-order valence-corrected chi connectivity index (χ1v) is 5.73. The van der Waals surface area contributed by atoms with Crippen LogP contribution in [0.1, 0.15) is 39.0 Å². The average Bonchev–Trinajstić information content (AvgIpc) is 2.17. The lowest BCUT2D eigenvalue weighted by atomic mass is 9.99. The van der Waals surface area contributed by atoms with Crippen LogP contribution in [0.2, 0.25) is 0 Å². The molecule has 14 heavy (non-hydrogen) atoms. The van der Waals surface area contributed by atoms with E-state index in [1.807, 2.05) is 0 Å². The molecule has 1 atom stereocenters. The molecule has 1 fully saturated rings. The minimum atomic E-state index is 0.328. The van der Waals surface area contributed by atoms with Gasteiger partial charge in [-0.15, -0.1) is 6.58 Å². The van der Waals surface area contributed by atoms with Crippen LogP contribution in [0.5, 0.6) is 0 Å². The summed E-state index contributed by atoms with van der Waals surface area (Å²) in [5, 5.41) is 8.97. The first kappa shape index (κ1) is 11.7. The molecule has 1 rings (SSSR count). The number of nitrogens with zero attached hydrogens (tertiary/aromatic N) is 1. The van der Waals surface area contributed by atoms with Crippen LogP contribution in [0.3, 0.4) is 0 Å². The Hall–Kier alpha value is -0.340. The minimum absolute atomic E-state index is 0.328. The van der Waals surface area contributed by atoms with Crippen LogP contribution in [0.15, 0.2) is 12.2 Å². The van der Waals surface area contributed by atoms with Crippen LogP contribution in [0.4, 0.5) is 0 Å². The van der Waals surface area contributed by atoms with Crippen molar-refractivity contribution >= 4 is 0 Å². The highest BCUT2D eigenvalue weighted by atomic mass is 16.3. The Kier molecular flexibility index (Phi) is 5.20. The van der Waals surface area contributed by atoms with Crippen molar-refractivity contribution in [2.45, 2.75) is 45.1 Å². The molecule has 0 aromatic rings. The Morgan fingerprint density at radius 1 is 1.50 bits per heavy atom. The maximum absolute atomic E-state index is 8.97. The third-order valence-corrected chi connectivity index (χ3v) is 3.04. The fraction of sp³-hybridized carbons (Fsp3) is 0.833. The predicted molar refractivity (Wildman–Crippen MR) is 60.3 cm³/mol. The number of piperidine rings is 1. The van der Waals surface area contributed by atoms with Gasteiger partial charge in [0.05, 0.1) is 0 Å². The summed E-state index contributed by atoms with van der Waals surface area (Å²) in [5.41, 5.74) is 1.26. The first-order valence-electron chi connectivity index (χ1n) is 5.73. The van der Waals surface area contributed by atoms with Crippen molar-refractivity contribution in [3.8, 4) is 0 Å². The molecule has 0 aromatic heterocycles. The van der Waals surface area contributed by atoms with Gasteiger partial charge in [0.25, 0.3) is 0 Å². The molecule has 0 radical (unpaired) electrons. The Morgan fingerprint density at radius 3 is 2.93 bits per heavy atom. The largest absolute Gasteiger partial charge is 0.396 e. The van der Waals surface area contributed by atoms with Gasteiger partial charge in [0, 0.05) is 19.2 Å². The molecule has 0 aliphatic carbocycles. The van der Waals surface area contributed by atoms with Crippen molar-refractivity contribution in [2.24, 2.45) is 0 Å². The van der Waals surface area contributed by atoms with E-state index in [-0.39, 0.29) is 0 Å². The quantitative estimate of drug-likeness (QED) is 0.683. The molecule has 0 spiro atoms. The van der Waals surface area contributed by atoms with E-state index in [1.165, 1.54) is 31.4 Å². The molecule has 0 aromatic carbocycles. The summed E-state index contributed by atoms with van der Waals surface area (Å²) >= 11 is 0. The standard InChI is InChI=1S/C12H23NO/c1-11(2)6-9-13-8-4-3-5-12(13)7-10-14/h12,14H,1,3-10H2,2H3. The molecule has 82 valence electrons. The SMILES string of the molecule is C=C(C)CCN1CCCCC1CCO. The lowest BCUT2D eigenvalue weighted by Crippen LogP contribution is -2.40. The second kappa shape index (κ2) is 6.20. The van der Waals surface area contributed by atoms with Gasteiger partial charge in [-0.05, 0) is 39.2 Å². The van der Waals surface area contributed by atoms with E-state index in [4.69, 9.17) is 5.11 Å². The topological polar surface area (TPSA) is 23.5 Å². The number of aliphatic hydroxyl groups excluding tert-OH is 1. The zero-order chi connectivity index (χ0) is 10.4. The van der Waals surface area contributed by atoms with Crippen molar-refractivity contribution in [3.63, 3.8) is 0 Å². The Morgan fingerprint density at radius 2 is 2.29 bits per heavy atom. The molecule has 1 aliphatic heterocycles. The molecule has 0 saturated carbocycles. The molecule has 0 bridgehead atoms. The summed E-state index contributed by atoms with van der Waals surface area (Å²) in [6, 6.07) is 0.619. The van der Waals surface area contributed by atoms with Gasteiger partial charge >= 0.3 is 0 Å². The van der Waals surface area contributed by atoms with Crippen molar-refractivity contribution in [1.82, 2.24) is 4.90 Å². The maximum atomic E-state index is 8.97. The highest BCUT2D eigenvalue weighted by molar-refractivity contribution is 4.90. The fourth-order valence-electron chi connectivity index (χ4n) is 2.16. The lowest BCUT2D eigenvalue weighted by molar-refractivity contribution is 0.120. The Bertz CT molecular complexity index is 177. The van der Waals surface area contributed by atoms with Crippen LogP contribution in [-0.2, 0) is 0 Å². The molecular formula is C12H23NO. The number of hydrogen-bond acceptors (Lipinski definition) is 2. The van der Waals surface area contributed by atoms with Crippen LogP contribution < -0.4 is 0 Å². The normalized spacial score (nSPS) is 23.7. The molecule has 1 saturated heterocycles. The van der Waals surface area contributed by atoms with E-state index in [2.05, 4.69) is 18.4 Å². The molecule has 1 aliphatic rings. The van der Waals surface area contributed by atoms with Crippen molar-refractivity contribution in [3.05, 3.63) is 12.2 Å². The van der Waals surface area contributed by atoms with Crippen LogP contribution in [0, 0.1) is 0 Å².